The Hall–Kier alpha value is -2.32. The molecule has 8 heteroatoms. The number of carbonyl (C=O) groups is 1. The molecule has 0 aliphatic carbocycles. The molecule has 0 bridgehead atoms. The van der Waals surface area contributed by atoms with E-state index < -0.39 is 0 Å². The predicted octanol–water partition coefficient (Wildman–Crippen LogP) is 2.55. The average Bonchev–Trinajstić information content (AvgIpc) is 2.72. The lowest BCUT2D eigenvalue weighted by Gasteiger charge is -2.18. The molecule has 2 aromatic rings. The summed E-state index contributed by atoms with van der Waals surface area (Å²) in [5.41, 5.74) is 1.66. The van der Waals surface area contributed by atoms with Crippen LogP contribution in [0.4, 0.5) is 0 Å². The summed E-state index contributed by atoms with van der Waals surface area (Å²) >= 11 is 1.36. The van der Waals surface area contributed by atoms with Gasteiger partial charge in [-0.3, -0.25) is 4.79 Å². The highest BCUT2D eigenvalue weighted by Crippen LogP contribution is 2.33. The van der Waals surface area contributed by atoms with Crippen molar-refractivity contribution < 1.29 is 19.0 Å². The van der Waals surface area contributed by atoms with Crippen molar-refractivity contribution in [1.82, 2.24) is 15.5 Å². The maximum absolute atomic E-state index is 11.8. The zero-order chi connectivity index (χ0) is 18.9. The van der Waals surface area contributed by atoms with Crippen molar-refractivity contribution in [3.8, 4) is 22.8 Å². The number of fused-ring (bicyclic) bond motifs is 1. The minimum atomic E-state index is -0.0192. The number of amides is 1. The van der Waals surface area contributed by atoms with E-state index in [4.69, 9.17) is 14.2 Å². The quantitative estimate of drug-likeness (QED) is 0.521. The number of ether oxygens (including phenoxy) is 3. The molecule has 0 fully saturated rings. The van der Waals surface area contributed by atoms with Crippen molar-refractivity contribution in [3.05, 3.63) is 30.3 Å². The zero-order valence-electron chi connectivity index (χ0n) is 15.3. The molecule has 1 aromatic heterocycles. The van der Waals surface area contributed by atoms with E-state index in [0.717, 1.165) is 29.2 Å². The Balaban J connectivity index is 1.48. The van der Waals surface area contributed by atoms with Gasteiger partial charge in [0.05, 0.1) is 11.4 Å². The molecule has 1 N–H and O–H groups in total. The van der Waals surface area contributed by atoms with E-state index in [2.05, 4.69) is 15.5 Å². The second-order valence-electron chi connectivity index (χ2n) is 5.80. The molecule has 0 saturated carbocycles. The van der Waals surface area contributed by atoms with E-state index in [-0.39, 0.29) is 5.91 Å². The molecular formula is C19H23N3O4S. The third kappa shape index (κ3) is 5.83. The standard InChI is InChI=1S/C19H23N3O4S/c1-2-24-9-3-8-20-18(23)13-27-19-7-5-15(21-22-19)14-4-6-16-17(12-14)26-11-10-25-16/h4-7,12H,2-3,8-11,13H2,1H3,(H,20,23). The maximum Gasteiger partial charge on any atom is 0.230 e. The first-order valence-electron chi connectivity index (χ1n) is 8.97. The smallest absolute Gasteiger partial charge is 0.230 e. The molecule has 2 heterocycles. The molecule has 1 aromatic carbocycles. The Kier molecular flexibility index (Phi) is 7.29. The number of thioether (sulfide) groups is 1. The lowest BCUT2D eigenvalue weighted by Crippen LogP contribution is -2.26. The largest absolute Gasteiger partial charge is 0.486 e. The highest BCUT2D eigenvalue weighted by atomic mass is 32.2. The van der Waals surface area contributed by atoms with Gasteiger partial charge in [-0.05, 0) is 43.7 Å². The van der Waals surface area contributed by atoms with Gasteiger partial charge < -0.3 is 19.5 Å². The van der Waals surface area contributed by atoms with Gasteiger partial charge in [0, 0.05) is 25.3 Å². The number of nitrogens with one attached hydrogen (secondary N) is 1. The van der Waals surface area contributed by atoms with Crippen LogP contribution in [0.3, 0.4) is 0 Å². The summed E-state index contributed by atoms with van der Waals surface area (Å²) in [5, 5.41) is 12.0. The Bertz CT molecular complexity index is 755. The Labute approximate surface area is 162 Å². The summed E-state index contributed by atoms with van der Waals surface area (Å²) < 4.78 is 16.4. The van der Waals surface area contributed by atoms with Crippen LogP contribution >= 0.6 is 11.8 Å². The van der Waals surface area contributed by atoms with E-state index in [9.17, 15) is 4.79 Å². The molecule has 7 nitrogen and oxygen atoms in total. The van der Waals surface area contributed by atoms with Gasteiger partial charge in [-0.25, -0.2) is 0 Å². The van der Waals surface area contributed by atoms with Crippen molar-refractivity contribution in [2.75, 3.05) is 38.7 Å². The van der Waals surface area contributed by atoms with E-state index in [1.807, 2.05) is 37.3 Å². The van der Waals surface area contributed by atoms with Crippen molar-refractivity contribution in [2.24, 2.45) is 0 Å². The summed E-state index contributed by atoms with van der Waals surface area (Å²) in [4.78, 5) is 11.8. The third-order valence-electron chi connectivity index (χ3n) is 3.82. The first-order chi connectivity index (χ1) is 13.3. The highest BCUT2D eigenvalue weighted by molar-refractivity contribution is 7.99. The minimum Gasteiger partial charge on any atom is -0.486 e. The van der Waals surface area contributed by atoms with E-state index in [0.29, 0.717) is 43.8 Å². The maximum atomic E-state index is 11.8. The van der Waals surface area contributed by atoms with Crippen molar-refractivity contribution in [3.63, 3.8) is 0 Å². The van der Waals surface area contributed by atoms with Crippen LogP contribution < -0.4 is 14.8 Å². The highest BCUT2D eigenvalue weighted by Gasteiger charge is 2.13. The van der Waals surface area contributed by atoms with Gasteiger partial charge in [-0.1, -0.05) is 11.8 Å². The fourth-order valence-corrected chi connectivity index (χ4v) is 3.13. The van der Waals surface area contributed by atoms with Gasteiger partial charge in [0.25, 0.3) is 0 Å². The molecular weight excluding hydrogens is 366 g/mol. The van der Waals surface area contributed by atoms with Crippen LogP contribution in [0, 0.1) is 0 Å². The number of hydrogen-bond donors (Lipinski definition) is 1. The minimum absolute atomic E-state index is 0.0192. The summed E-state index contributed by atoms with van der Waals surface area (Å²) in [6, 6.07) is 9.47. The molecule has 3 rings (SSSR count). The molecule has 0 radical (unpaired) electrons. The summed E-state index contributed by atoms with van der Waals surface area (Å²) in [7, 11) is 0. The van der Waals surface area contributed by atoms with Gasteiger partial charge in [0.2, 0.25) is 5.91 Å². The molecule has 0 unspecified atom stereocenters. The second kappa shape index (κ2) is 10.1. The first-order valence-corrected chi connectivity index (χ1v) is 9.96. The van der Waals surface area contributed by atoms with Crippen LogP contribution in [0.2, 0.25) is 0 Å². The number of hydrogen-bond acceptors (Lipinski definition) is 7. The molecule has 0 atom stereocenters. The van der Waals surface area contributed by atoms with Crippen LogP contribution in [0.15, 0.2) is 35.4 Å². The van der Waals surface area contributed by atoms with E-state index in [1.165, 1.54) is 11.8 Å². The van der Waals surface area contributed by atoms with Crippen molar-refractivity contribution >= 4 is 17.7 Å². The number of carbonyl (C=O) groups excluding carboxylic acids is 1. The predicted molar refractivity (Wildman–Crippen MR) is 103 cm³/mol. The number of rotatable bonds is 9. The topological polar surface area (TPSA) is 82.6 Å². The lowest BCUT2D eigenvalue weighted by molar-refractivity contribution is -0.118. The molecule has 144 valence electrons. The van der Waals surface area contributed by atoms with Crippen molar-refractivity contribution in [2.45, 2.75) is 18.4 Å². The van der Waals surface area contributed by atoms with E-state index in [1.54, 1.807) is 0 Å². The fraction of sp³-hybridized carbons (Fsp3) is 0.421. The van der Waals surface area contributed by atoms with Gasteiger partial charge in [0.15, 0.2) is 11.5 Å². The molecule has 1 aliphatic heterocycles. The third-order valence-corrected chi connectivity index (χ3v) is 4.74. The summed E-state index contributed by atoms with van der Waals surface area (Å²) in [6.45, 7) is 5.05. The van der Waals surface area contributed by atoms with Crippen molar-refractivity contribution in [1.29, 1.82) is 0 Å². The summed E-state index contributed by atoms with van der Waals surface area (Å²) in [6.07, 6.45) is 0.814. The summed E-state index contributed by atoms with van der Waals surface area (Å²) in [5.74, 6) is 1.76. The molecule has 0 spiro atoms. The number of nitrogens with zero attached hydrogens (tertiary/aromatic N) is 2. The molecule has 1 aliphatic rings. The Morgan fingerprint density at radius 2 is 2.04 bits per heavy atom. The van der Waals surface area contributed by atoms with Crippen LogP contribution in [-0.4, -0.2) is 54.8 Å². The van der Waals surface area contributed by atoms with Crippen LogP contribution in [-0.2, 0) is 9.53 Å². The van der Waals surface area contributed by atoms with E-state index >= 15 is 0 Å². The molecule has 1 amide bonds. The Morgan fingerprint density at radius 1 is 1.19 bits per heavy atom. The van der Waals surface area contributed by atoms with Gasteiger partial charge in [0.1, 0.15) is 18.2 Å². The monoisotopic (exact) mass is 389 g/mol. The first kappa shape index (κ1) is 19.4. The fourth-order valence-electron chi connectivity index (χ4n) is 2.49. The number of benzene rings is 1. The molecule has 0 saturated heterocycles. The number of aromatic nitrogens is 2. The zero-order valence-corrected chi connectivity index (χ0v) is 16.1. The van der Waals surface area contributed by atoms with Gasteiger partial charge >= 0.3 is 0 Å². The van der Waals surface area contributed by atoms with Crippen LogP contribution in [0.5, 0.6) is 11.5 Å². The normalized spacial score (nSPS) is 12.6. The average molecular weight is 389 g/mol. The SMILES string of the molecule is CCOCCCNC(=O)CSc1ccc(-c2ccc3c(c2)OCCO3)nn1. The van der Waals surface area contributed by atoms with Crippen LogP contribution in [0.1, 0.15) is 13.3 Å². The second-order valence-corrected chi connectivity index (χ2v) is 6.80. The Morgan fingerprint density at radius 3 is 2.81 bits per heavy atom. The lowest BCUT2D eigenvalue weighted by atomic mass is 10.1. The van der Waals surface area contributed by atoms with Gasteiger partial charge in [-0.2, -0.15) is 0 Å². The van der Waals surface area contributed by atoms with Gasteiger partial charge in [-0.15, -0.1) is 10.2 Å². The molecule has 27 heavy (non-hydrogen) atoms. The van der Waals surface area contributed by atoms with Crippen LogP contribution in [0.25, 0.3) is 11.3 Å².